The van der Waals surface area contributed by atoms with Gasteiger partial charge in [-0.15, -0.1) is 0 Å². The van der Waals surface area contributed by atoms with E-state index in [1.165, 1.54) is 6.07 Å². The molecule has 84 valence electrons. The van der Waals surface area contributed by atoms with Crippen molar-refractivity contribution in [3.63, 3.8) is 0 Å². The second-order valence-electron chi connectivity index (χ2n) is 3.44. The molecule has 1 aromatic heterocycles. The number of nitrogens with zero attached hydrogens (tertiary/aromatic N) is 1. The molecule has 0 saturated carbocycles. The van der Waals surface area contributed by atoms with Crippen molar-refractivity contribution in [3.8, 4) is 0 Å². The Kier molecular flexibility index (Phi) is 3.22. The molecule has 0 aliphatic rings. The van der Waals surface area contributed by atoms with Crippen LogP contribution in [-0.2, 0) is 13.0 Å². The van der Waals surface area contributed by atoms with Gasteiger partial charge >= 0.3 is 0 Å². The molecule has 0 bridgehead atoms. The molecule has 0 fully saturated rings. The van der Waals surface area contributed by atoms with Crippen LogP contribution in [0, 0.1) is 5.82 Å². The average Bonchev–Trinajstić information content (AvgIpc) is 2.71. The summed E-state index contributed by atoms with van der Waals surface area (Å²) >= 11 is 5.91. The van der Waals surface area contributed by atoms with E-state index in [-0.39, 0.29) is 5.82 Å². The first-order valence-corrected chi connectivity index (χ1v) is 5.24. The Hall–Kier alpha value is -1.39. The number of halogens is 2. The number of imidazole rings is 1. The maximum Gasteiger partial charge on any atom is 0.128 e. The number of benzene rings is 1. The summed E-state index contributed by atoms with van der Waals surface area (Å²) in [7, 11) is 0. The van der Waals surface area contributed by atoms with Gasteiger partial charge in [-0.3, -0.25) is 0 Å². The molecule has 2 aromatic rings. The zero-order valence-corrected chi connectivity index (χ0v) is 9.26. The Morgan fingerprint density at radius 1 is 1.44 bits per heavy atom. The first-order chi connectivity index (χ1) is 7.70. The summed E-state index contributed by atoms with van der Waals surface area (Å²) in [5, 5.41) is 0.408. The van der Waals surface area contributed by atoms with Crippen LogP contribution in [0.25, 0.3) is 0 Å². The van der Waals surface area contributed by atoms with E-state index in [1.54, 1.807) is 18.3 Å². The molecule has 0 spiro atoms. The molecule has 5 heteroatoms. The summed E-state index contributed by atoms with van der Waals surface area (Å²) in [6.45, 7) is 0.387. The van der Waals surface area contributed by atoms with Crippen LogP contribution in [-0.4, -0.2) is 9.97 Å². The fraction of sp³-hybridized carbons (Fsp3) is 0.182. The summed E-state index contributed by atoms with van der Waals surface area (Å²) < 4.78 is 13.5. The maximum absolute atomic E-state index is 13.5. The lowest BCUT2D eigenvalue weighted by atomic mass is 10.1. The van der Waals surface area contributed by atoms with E-state index >= 15 is 0 Å². The van der Waals surface area contributed by atoms with Crippen LogP contribution in [0.3, 0.4) is 0 Å². The lowest BCUT2D eigenvalue weighted by Crippen LogP contribution is -1.98. The Morgan fingerprint density at radius 2 is 2.25 bits per heavy atom. The van der Waals surface area contributed by atoms with Crippen molar-refractivity contribution < 1.29 is 4.39 Å². The second kappa shape index (κ2) is 4.63. The molecule has 3 nitrogen and oxygen atoms in total. The highest BCUT2D eigenvalue weighted by Gasteiger charge is 2.09. The summed E-state index contributed by atoms with van der Waals surface area (Å²) in [6, 6.07) is 4.62. The lowest BCUT2D eigenvalue weighted by Gasteiger charge is -2.03. The Morgan fingerprint density at radius 3 is 2.88 bits per heavy atom. The predicted molar refractivity (Wildman–Crippen MR) is 60.7 cm³/mol. The maximum atomic E-state index is 13.5. The minimum absolute atomic E-state index is 0.321. The Bertz CT molecular complexity index is 475. The Labute approximate surface area is 97.5 Å². The highest BCUT2D eigenvalue weighted by Crippen LogP contribution is 2.21. The van der Waals surface area contributed by atoms with Crippen LogP contribution < -0.4 is 5.73 Å². The molecule has 0 aliphatic carbocycles. The molecular formula is C11H11ClFN3. The second-order valence-corrected chi connectivity index (χ2v) is 3.84. The van der Waals surface area contributed by atoms with Crippen molar-refractivity contribution in [2.45, 2.75) is 13.0 Å². The smallest absolute Gasteiger partial charge is 0.128 e. The fourth-order valence-electron chi connectivity index (χ4n) is 1.47. The highest BCUT2D eigenvalue weighted by atomic mass is 35.5. The van der Waals surface area contributed by atoms with E-state index in [0.29, 0.717) is 29.4 Å². The summed E-state index contributed by atoms with van der Waals surface area (Å²) in [5.41, 5.74) is 6.71. The quantitative estimate of drug-likeness (QED) is 0.863. The number of nitrogens with one attached hydrogen (secondary N) is 1. The molecule has 0 saturated heterocycles. The fourth-order valence-corrected chi connectivity index (χ4v) is 1.70. The molecule has 0 radical (unpaired) electrons. The van der Waals surface area contributed by atoms with Gasteiger partial charge in [0.15, 0.2) is 0 Å². The third kappa shape index (κ3) is 2.23. The summed E-state index contributed by atoms with van der Waals surface area (Å²) in [4.78, 5) is 7.11. The average molecular weight is 240 g/mol. The molecule has 3 N–H and O–H groups in total. The Balaban J connectivity index is 2.26. The van der Waals surface area contributed by atoms with E-state index in [2.05, 4.69) is 9.97 Å². The van der Waals surface area contributed by atoms with Crippen LogP contribution in [0.2, 0.25) is 5.02 Å². The zero-order chi connectivity index (χ0) is 11.5. The lowest BCUT2D eigenvalue weighted by molar-refractivity contribution is 0.612. The standard InChI is InChI=1S/C11H11ClFN3/c12-9-2-1-3-10(13)8(9)4-11-15-6-7(5-14)16-11/h1-3,6H,4-5,14H2,(H,15,16). The van der Waals surface area contributed by atoms with E-state index in [9.17, 15) is 4.39 Å². The van der Waals surface area contributed by atoms with Gasteiger partial charge in [-0.05, 0) is 12.1 Å². The van der Waals surface area contributed by atoms with Crippen molar-refractivity contribution in [3.05, 3.63) is 52.3 Å². The largest absolute Gasteiger partial charge is 0.345 e. The first kappa shape index (κ1) is 11.1. The van der Waals surface area contributed by atoms with Gasteiger partial charge in [0.1, 0.15) is 11.6 Å². The zero-order valence-electron chi connectivity index (χ0n) is 8.50. The molecule has 1 aromatic carbocycles. The number of aromatic nitrogens is 2. The minimum Gasteiger partial charge on any atom is -0.345 e. The van der Waals surface area contributed by atoms with Gasteiger partial charge in [0.25, 0.3) is 0 Å². The van der Waals surface area contributed by atoms with Gasteiger partial charge in [0.2, 0.25) is 0 Å². The molecule has 0 unspecified atom stereocenters. The molecule has 16 heavy (non-hydrogen) atoms. The van der Waals surface area contributed by atoms with Crippen molar-refractivity contribution in [2.75, 3.05) is 0 Å². The van der Waals surface area contributed by atoms with Crippen LogP contribution in [0.1, 0.15) is 17.1 Å². The first-order valence-electron chi connectivity index (χ1n) is 4.86. The molecule has 2 rings (SSSR count). The molecule has 0 amide bonds. The SMILES string of the molecule is NCc1cnc(Cc2c(F)cccc2Cl)[nH]1. The molecule has 0 atom stereocenters. The highest BCUT2D eigenvalue weighted by molar-refractivity contribution is 6.31. The van der Waals surface area contributed by atoms with E-state index < -0.39 is 0 Å². The summed E-state index contributed by atoms with van der Waals surface area (Å²) in [5.74, 6) is 0.339. The molecule has 1 heterocycles. The molecular weight excluding hydrogens is 229 g/mol. The van der Waals surface area contributed by atoms with Gasteiger partial charge < -0.3 is 10.7 Å². The number of H-pyrrole nitrogens is 1. The van der Waals surface area contributed by atoms with Gasteiger partial charge in [0, 0.05) is 35.4 Å². The van der Waals surface area contributed by atoms with Crippen molar-refractivity contribution >= 4 is 11.6 Å². The van der Waals surface area contributed by atoms with Gasteiger partial charge in [-0.1, -0.05) is 17.7 Å². The third-order valence-electron chi connectivity index (χ3n) is 2.31. The minimum atomic E-state index is -0.321. The van der Waals surface area contributed by atoms with Gasteiger partial charge in [0.05, 0.1) is 0 Å². The predicted octanol–water partition coefficient (Wildman–Crippen LogP) is 2.25. The van der Waals surface area contributed by atoms with E-state index in [4.69, 9.17) is 17.3 Å². The van der Waals surface area contributed by atoms with Crippen LogP contribution >= 0.6 is 11.6 Å². The van der Waals surface area contributed by atoms with E-state index in [1.807, 2.05) is 0 Å². The number of hydrogen-bond acceptors (Lipinski definition) is 2. The van der Waals surface area contributed by atoms with Gasteiger partial charge in [-0.2, -0.15) is 0 Å². The number of rotatable bonds is 3. The normalized spacial score (nSPS) is 10.7. The number of nitrogens with two attached hydrogens (primary N) is 1. The van der Waals surface area contributed by atoms with E-state index in [0.717, 1.165) is 5.69 Å². The number of aromatic amines is 1. The van der Waals surface area contributed by atoms with Crippen LogP contribution in [0.4, 0.5) is 4.39 Å². The third-order valence-corrected chi connectivity index (χ3v) is 2.66. The van der Waals surface area contributed by atoms with Crippen molar-refractivity contribution in [2.24, 2.45) is 5.73 Å². The number of hydrogen-bond donors (Lipinski definition) is 2. The monoisotopic (exact) mass is 239 g/mol. The van der Waals surface area contributed by atoms with Crippen LogP contribution in [0.5, 0.6) is 0 Å². The van der Waals surface area contributed by atoms with Crippen LogP contribution in [0.15, 0.2) is 24.4 Å². The topological polar surface area (TPSA) is 54.7 Å². The van der Waals surface area contributed by atoms with Gasteiger partial charge in [-0.25, -0.2) is 9.37 Å². The summed E-state index contributed by atoms with van der Waals surface area (Å²) in [6.07, 6.45) is 1.98. The van der Waals surface area contributed by atoms with Crippen molar-refractivity contribution in [1.29, 1.82) is 0 Å². The molecule has 0 aliphatic heterocycles. The van der Waals surface area contributed by atoms with Crippen molar-refractivity contribution in [1.82, 2.24) is 9.97 Å².